The van der Waals surface area contributed by atoms with Gasteiger partial charge in [0.05, 0.1) is 0 Å². The molecule has 10 heteroatoms. The minimum Gasteiger partial charge on any atom is -0.405 e. The molecule has 0 radical (unpaired) electrons. The van der Waals surface area contributed by atoms with Crippen LogP contribution in [0.4, 0.5) is 18.0 Å². The second-order valence-corrected chi connectivity index (χ2v) is 6.54. The van der Waals surface area contributed by atoms with E-state index in [0.717, 1.165) is 23.8 Å². The number of alkyl halides is 3. The number of nitrogens with one attached hydrogen (secondary N) is 2. The molecule has 1 aliphatic carbocycles. The lowest BCUT2D eigenvalue weighted by Gasteiger charge is -2.20. The quantitative estimate of drug-likeness (QED) is 0.760. The van der Waals surface area contributed by atoms with Crippen LogP contribution in [0.1, 0.15) is 31.2 Å². The number of carbonyl (C=O) groups excluding carboxylic acids is 3. The zero-order valence-electron chi connectivity index (χ0n) is 14.3. The number of hydrogen-bond donors (Lipinski definition) is 2. The van der Waals surface area contributed by atoms with Crippen LogP contribution in [0.15, 0.2) is 24.3 Å². The van der Waals surface area contributed by atoms with Gasteiger partial charge in [-0.1, -0.05) is 31.0 Å². The molecule has 1 aromatic carbocycles. The SMILES string of the molecule is O=C(CN1C(=O)NC2(CCCC2)C1=O)NCc1ccccc1OC(F)(F)F. The van der Waals surface area contributed by atoms with Crippen LogP contribution in [0.25, 0.3) is 0 Å². The van der Waals surface area contributed by atoms with E-state index in [1.54, 1.807) is 0 Å². The maximum absolute atomic E-state index is 12.5. The van der Waals surface area contributed by atoms with Crippen molar-refractivity contribution in [2.45, 2.75) is 44.1 Å². The van der Waals surface area contributed by atoms with Crippen molar-refractivity contribution in [1.82, 2.24) is 15.5 Å². The molecular weight excluding hydrogens is 367 g/mol. The van der Waals surface area contributed by atoms with Crippen molar-refractivity contribution in [2.75, 3.05) is 6.54 Å². The molecular formula is C17H18F3N3O4. The van der Waals surface area contributed by atoms with Crippen LogP contribution >= 0.6 is 0 Å². The van der Waals surface area contributed by atoms with Crippen LogP contribution in [-0.4, -0.2) is 41.2 Å². The third kappa shape index (κ3) is 4.15. The number of para-hydroxylation sites is 1. The molecule has 2 aliphatic rings. The van der Waals surface area contributed by atoms with Crippen LogP contribution in [-0.2, 0) is 16.1 Å². The van der Waals surface area contributed by atoms with Crippen LogP contribution < -0.4 is 15.4 Å². The highest BCUT2D eigenvalue weighted by atomic mass is 19.4. The summed E-state index contributed by atoms with van der Waals surface area (Å²) in [4.78, 5) is 37.5. The molecule has 1 aromatic rings. The molecule has 1 saturated heterocycles. The number of nitrogens with zero attached hydrogens (tertiary/aromatic N) is 1. The molecule has 0 atom stereocenters. The van der Waals surface area contributed by atoms with E-state index in [-0.39, 0.29) is 12.1 Å². The Morgan fingerprint density at radius 1 is 1.22 bits per heavy atom. The molecule has 0 aromatic heterocycles. The minimum absolute atomic E-state index is 0.118. The Morgan fingerprint density at radius 2 is 1.89 bits per heavy atom. The van der Waals surface area contributed by atoms with E-state index in [2.05, 4.69) is 15.4 Å². The molecule has 1 aliphatic heterocycles. The average molecular weight is 385 g/mol. The van der Waals surface area contributed by atoms with Gasteiger partial charge < -0.3 is 15.4 Å². The van der Waals surface area contributed by atoms with Gasteiger partial charge in [-0.15, -0.1) is 13.2 Å². The van der Waals surface area contributed by atoms with Gasteiger partial charge in [0.1, 0.15) is 17.8 Å². The van der Waals surface area contributed by atoms with Gasteiger partial charge in [0.2, 0.25) is 5.91 Å². The zero-order chi connectivity index (χ0) is 19.7. The fourth-order valence-corrected chi connectivity index (χ4v) is 3.40. The van der Waals surface area contributed by atoms with Gasteiger partial charge in [0, 0.05) is 12.1 Å². The number of benzene rings is 1. The summed E-state index contributed by atoms with van der Waals surface area (Å²) in [5.41, 5.74) is -0.794. The second kappa shape index (κ2) is 7.09. The summed E-state index contributed by atoms with van der Waals surface area (Å²) in [5.74, 6) is -1.51. The molecule has 7 nitrogen and oxygen atoms in total. The van der Waals surface area contributed by atoms with Gasteiger partial charge in [-0.25, -0.2) is 4.79 Å². The Balaban J connectivity index is 1.59. The maximum atomic E-state index is 12.5. The summed E-state index contributed by atoms with van der Waals surface area (Å²) < 4.78 is 41.2. The lowest BCUT2D eigenvalue weighted by molar-refractivity contribution is -0.274. The van der Waals surface area contributed by atoms with Gasteiger partial charge in [-0.3, -0.25) is 14.5 Å². The molecule has 1 saturated carbocycles. The van der Waals surface area contributed by atoms with Crippen molar-refractivity contribution in [3.63, 3.8) is 0 Å². The molecule has 3 rings (SSSR count). The van der Waals surface area contributed by atoms with Gasteiger partial charge >= 0.3 is 12.4 Å². The highest BCUT2D eigenvalue weighted by molar-refractivity contribution is 6.09. The lowest BCUT2D eigenvalue weighted by atomic mass is 9.98. The summed E-state index contributed by atoms with van der Waals surface area (Å²) in [6.45, 7) is -0.728. The number of amides is 4. The third-order valence-electron chi connectivity index (χ3n) is 4.68. The van der Waals surface area contributed by atoms with Crippen molar-refractivity contribution in [2.24, 2.45) is 0 Å². The third-order valence-corrected chi connectivity index (χ3v) is 4.68. The van der Waals surface area contributed by atoms with Gasteiger partial charge in [0.15, 0.2) is 0 Å². The van der Waals surface area contributed by atoms with Gasteiger partial charge in [0.25, 0.3) is 5.91 Å². The predicted molar refractivity (Wildman–Crippen MR) is 86.4 cm³/mol. The molecule has 2 fully saturated rings. The number of carbonyl (C=O) groups is 3. The first kappa shape index (κ1) is 19.0. The summed E-state index contributed by atoms with van der Waals surface area (Å²) in [7, 11) is 0. The fourth-order valence-electron chi connectivity index (χ4n) is 3.40. The Bertz CT molecular complexity index is 760. The fraction of sp³-hybridized carbons (Fsp3) is 0.471. The predicted octanol–water partition coefficient (Wildman–Crippen LogP) is 2.07. The first-order chi connectivity index (χ1) is 12.7. The monoisotopic (exact) mass is 385 g/mol. The van der Waals surface area contributed by atoms with E-state index < -0.39 is 42.0 Å². The first-order valence-corrected chi connectivity index (χ1v) is 8.45. The van der Waals surface area contributed by atoms with Crippen molar-refractivity contribution in [3.05, 3.63) is 29.8 Å². The van der Waals surface area contributed by atoms with Crippen LogP contribution in [0.5, 0.6) is 5.75 Å². The van der Waals surface area contributed by atoms with Crippen molar-refractivity contribution in [3.8, 4) is 5.75 Å². The Kier molecular flexibility index (Phi) is 4.99. The molecule has 146 valence electrons. The molecule has 0 bridgehead atoms. The second-order valence-electron chi connectivity index (χ2n) is 6.54. The highest BCUT2D eigenvalue weighted by Crippen LogP contribution is 2.34. The zero-order valence-corrected chi connectivity index (χ0v) is 14.3. The largest absolute Gasteiger partial charge is 0.573 e. The van der Waals surface area contributed by atoms with Crippen LogP contribution in [0.3, 0.4) is 0 Å². The minimum atomic E-state index is -4.85. The Hall–Kier alpha value is -2.78. The van der Waals surface area contributed by atoms with E-state index in [1.807, 2.05) is 0 Å². The van der Waals surface area contributed by atoms with Gasteiger partial charge in [-0.05, 0) is 18.9 Å². The highest BCUT2D eigenvalue weighted by Gasteiger charge is 2.52. The van der Waals surface area contributed by atoms with E-state index in [0.29, 0.717) is 12.8 Å². The number of hydrogen-bond acceptors (Lipinski definition) is 4. The van der Waals surface area contributed by atoms with E-state index >= 15 is 0 Å². The lowest BCUT2D eigenvalue weighted by Crippen LogP contribution is -2.45. The first-order valence-electron chi connectivity index (χ1n) is 8.45. The molecule has 1 heterocycles. The summed E-state index contributed by atoms with van der Waals surface area (Å²) in [6, 6.07) is 4.77. The number of imide groups is 1. The number of urea groups is 1. The smallest absolute Gasteiger partial charge is 0.405 e. The average Bonchev–Trinajstić information content (AvgIpc) is 3.14. The van der Waals surface area contributed by atoms with Crippen molar-refractivity contribution >= 4 is 17.8 Å². The van der Waals surface area contributed by atoms with Gasteiger partial charge in [-0.2, -0.15) is 0 Å². The van der Waals surface area contributed by atoms with E-state index in [9.17, 15) is 27.6 Å². The standard InChI is InChI=1S/C17H18F3N3O4/c18-17(19,20)27-12-6-2-1-5-11(12)9-21-13(24)10-23-14(25)16(22-15(23)26)7-3-4-8-16/h1-2,5-6H,3-4,7-10H2,(H,21,24)(H,22,26). The Morgan fingerprint density at radius 3 is 2.56 bits per heavy atom. The molecule has 27 heavy (non-hydrogen) atoms. The number of ether oxygens (including phenoxy) is 1. The molecule has 0 unspecified atom stereocenters. The molecule has 1 spiro atoms. The van der Waals surface area contributed by atoms with Crippen LogP contribution in [0.2, 0.25) is 0 Å². The topological polar surface area (TPSA) is 87.7 Å². The van der Waals surface area contributed by atoms with E-state index in [4.69, 9.17) is 0 Å². The summed E-state index contributed by atoms with van der Waals surface area (Å²) in [5, 5.41) is 5.07. The molecule has 4 amide bonds. The normalized spacial score (nSPS) is 18.7. The Labute approximate surface area is 152 Å². The molecule has 2 N–H and O–H groups in total. The van der Waals surface area contributed by atoms with Crippen molar-refractivity contribution < 1.29 is 32.3 Å². The van der Waals surface area contributed by atoms with Crippen molar-refractivity contribution in [1.29, 1.82) is 0 Å². The number of halogens is 3. The number of rotatable bonds is 5. The maximum Gasteiger partial charge on any atom is 0.573 e. The van der Waals surface area contributed by atoms with Crippen LogP contribution in [0, 0.1) is 0 Å². The summed E-state index contributed by atoms with van der Waals surface area (Å²) in [6.07, 6.45) is -2.13. The van der Waals surface area contributed by atoms with E-state index in [1.165, 1.54) is 18.2 Å². The summed E-state index contributed by atoms with van der Waals surface area (Å²) >= 11 is 0.